The quantitative estimate of drug-likeness (QED) is 0.832. The lowest BCUT2D eigenvalue weighted by molar-refractivity contribution is -0.137. The van der Waals surface area contributed by atoms with Crippen molar-refractivity contribution in [2.75, 3.05) is 19.8 Å². The Morgan fingerprint density at radius 3 is 2.84 bits per heavy atom. The highest BCUT2D eigenvalue weighted by atomic mass is 19.4. The van der Waals surface area contributed by atoms with Crippen LogP contribution in [0.25, 0.3) is 0 Å². The molecule has 1 unspecified atom stereocenters. The molecule has 1 N–H and O–H groups in total. The van der Waals surface area contributed by atoms with Gasteiger partial charge in [-0.3, -0.25) is 0 Å². The SMILES string of the molecule is FC(F)(F)c1cccc(CNCCC2CCOC2)c1. The summed E-state index contributed by atoms with van der Waals surface area (Å²) in [7, 11) is 0. The zero-order valence-corrected chi connectivity index (χ0v) is 10.7. The van der Waals surface area contributed by atoms with Crippen LogP contribution >= 0.6 is 0 Å². The Labute approximate surface area is 111 Å². The van der Waals surface area contributed by atoms with E-state index in [2.05, 4.69) is 5.32 Å². The molecule has 1 aliphatic rings. The molecule has 19 heavy (non-hydrogen) atoms. The minimum atomic E-state index is -4.27. The van der Waals surface area contributed by atoms with Gasteiger partial charge < -0.3 is 10.1 Å². The molecule has 1 heterocycles. The van der Waals surface area contributed by atoms with Gasteiger partial charge in [0.15, 0.2) is 0 Å². The van der Waals surface area contributed by atoms with Gasteiger partial charge in [-0.05, 0) is 36.9 Å². The van der Waals surface area contributed by atoms with Crippen molar-refractivity contribution in [1.82, 2.24) is 5.32 Å². The first-order valence-corrected chi connectivity index (χ1v) is 6.50. The Hall–Kier alpha value is -1.07. The van der Waals surface area contributed by atoms with Crippen LogP contribution in [0.5, 0.6) is 0 Å². The smallest absolute Gasteiger partial charge is 0.381 e. The van der Waals surface area contributed by atoms with E-state index in [9.17, 15) is 13.2 Å². The monoisotopic (exact) mass is 273 g/mol. The molecular formula is C14H18F3NO. The first-order chi connectivity index (χ1) is 9.05. The Kier molecular flexibility index (Phi) is 4.82. The summed E-state index contributed by atoms with van der Waals surface area (Å²) in [6.07, 6.45) is -2.17. The molecule has 0 aliphatic carbocycles. The topological polar surface area (TPSA) is 21.3 Å². The molecule has 5 heteroatoms. The molecule has 2 rings (SSSR count). The standard InChI is InChI=1S/C14H18F3NO/c15-14(16,17)13-3-1-2-12(8-13)9-18-6-4-11-5-7-19-10-11/h1-3,8,11,18H,4-7,9-10H2. The van der Waals surface area contributed by atoms with E-state index in [1.807, 2.05) is 0 Å². The number of hydrogen-bond acceptors (Lipinski definition) is 2. The highest BCUT2D eigenvalue weighted by Gasteiger charge is 2.30. The average molecular weight is 273 g/mol. The minimum Gasteiger partial charge on any atom is -0.381 e. The molecule has 0 saturated carbocycles. The van der Waals surface area contributed by atoms with Crippen molar-refractivity contribution in [3.05, 3.63) is 35.4 Å². The van der Waals surface area contributed by atoms with Crippen LogP contribution in [0.1, 0.15) is 24.0 Å². The summed E-state index contributed by atoms with van der Waals surface area (Å²) in [4.78, 5) is 0. The number of hydrogen-bond donors (Lipinski definition) is 1. The number of alkyl halides is 3. The Morgan fingerprint density at radius 1 is 1.32 bits per heavy atom. The predicted molar refractivity (Wildman–Crippen MR) is 66.7 cm³/mol. The molecule has 0 amide bonds. The van der Waals surface area contributed by atoms with E-state index in [1.165, 1.54) is 12.1 Å². The van der Waals surface area contributed by atoms with Crippen molar-refractivity contribution >= 4 is 0 Å². The van der Waals surface area contributed by atoms with E-state index in [1.54, 1.807) is 6.07 Å². The first kappa shape index (κ1) is 14.3. The molecule has 106 valence electrons. The summed E-state index contributed by atoms with van der Waals surface area (Å²) >= 11 is 0. The Balaban J connectivity index is 1.76. The summed E-state index contributed by atoms with van der Waals surface area (Å²) in [5.74, 6) is 0.592. The third-order valence-corrected chi connectivity index (χ3v) is 3.34. The number of halogens is 3. The zero-order valence-electron chi connectivity index (χ0n) is 10.7. The van der Waals surface area contributed by atoms with Gasteiger partial charge in [0.05, 0.1) is 5.56 Å². The molecule has 1 aromatic rings. The fourth-order valence-electron chi connectivity index (χ4n) is 2.21. The van der Waals surface area contributed by atoms with Crippen LogP contribution in [0.15, 0.2) is 24.3 Å². The van der Waals surface area contributed by atoms with Crippen molar-refractivity contribution in [2.24, 2.45) is 5.92 Å². The minimum absolute atomic E-state index is 0.470. The van der Waals surface area contributed by atoms with E-state index in [0.717, 1.165) is 38.7 Å². The van der Waals surface area contributed by atoms with Gasteiger partial charge in [-0.15, -0.1) is 0 Å². The van der Waals surface area contributed by atoms with Crippen molar-refractivity contribution in [3.63, 3.8) is 0 Å². The number of rotatable bonds is 5. The fraction of sp³-hybridized carbons (Fsp3) is 0.571. The molecule has 1 aliphatic heterocycles. The van der Waals surface area contributed by atoms with Gasteiger partial charge in [-0.2, -0.15) is 13.2 Å². The van der Waals surface area contributed by atoms with Crippen molar-refractivity contribution in [1.29, 1.82) is 0 Å². The van der Waals surface area contributed by atoms with Gasteiger partial charge in [-0.1, -0.05) is 18.2 Å². The van der Waals surface area contributed by atoms with E-state index in [0.29, 0.717) is 18.0 Å². The van der Waals surface area contributed by atoms with Crippen molar-refractivity contribution in [3.8, 4) is 0 Å². The van der Waals surface area contributed by atoms with Gasteiger partial charge in [-0.25, -0.2) is 0 Å². The van der Waals surface area contributed by atoms with Crippen LogP contribution in [0.3, 0.4) is 0 Å². The summed E-state index contributed by atoms with van der Waals surface area (Å²) < 4.78 is 42.9. The normalized spacial score (nSPS) is 19.8. The van der Waals surface area contributed by atoms with Gasteiger partial charge >= 0.3 is 6.18 Å². The lowest BCUT2D eigenvalue weighted by Crippen LogP contribution is -2.18. The molecule has 0 aromatic heterocycles. The van der Waals surface area contributed by atoms with Crippen molar-refractivity contribution in [2.45, 2.75) is 25.6 Å². The molecule has 0 spiro atoms. The summed E-state index contributed by atoms with van der Waals surface area (Å²) in [6, 6.07) is 5.45. The summed E-state index contributed by atoms with van der Waals surface area (Å²) in [5.41, 5.74) is 0.0773. The zero-order chi connectivity index (χ0) is 13.7. The van der Waals surface area contributed by atoms with Crippen LogP contribution in [-0.2, 0) is 17.5 Å². The van der Waals surface area contributed by atoms with E-state index < -0.39 is 11.7 Å². The van der Waals surface area contributed by atoms with Gasteiger partial charge in [0.25, 0.3) is 0 Å². The maximum absolute atomic E-state index is 12.5. The van der Waals surface area contributed by atoms with Crippen LogP contribution in [0, 0.1) is 5.92 Å². The lowest BCUT2D eigenvalue weighted by Gasteiger charge is -2.11. The third-order valence-electron chi connectivity index (χ3n) is 3.34. The first-order valence-electron chi connectivity index (χ1n) is 6.50. The van der Waals surface area contributed by atoms with E-state index >= 15 is 0 Å². The molecule has 1 atom stereocenters. The highest BCUT2D eigenvalue weighted by molar-refractivity contribution is 5.25. The summed E-state index contributed by atoms with van der Waals surface area (Å²) in [5, 5.41) is 3.18. The Bertz CT molecular complexity index is 400. The molecule has 2 nitrogen and oxygen atoms in total. The second-order valence-electron chi connectivity index (χ2n) is 4.89. The average Bonchev–Trinajstić information content (AvgIpc) is 2.87. The largest absolute Gasteiger partial charge is 0.416 e. The van der Waals surface area contributed by atoms with Crippen LogP contribution < -0.4 is 5.32 Å². The number of nitrogens with one attached hydrogen (secondary N) is 1. The molecular weight excluding hydrogens is 255 g/mol. The molecule has 1 saturated heterocycles. The fourth-order valence-corrected chi connectivity index (χ4v) is 2.21. The number of benzene rings is 1. The molecule has 0 radical (unpaired) electrons. The van der Waals surface area contributed by atoms with E-state index in [-0.39, 0.29) is 0 Å². The third kappa shape index (κ3) is 4.51. The van der Waals surface area contributed by atoms with Crippen LogP contribution in [-0.4, -0.2) is 19.8 Å². The van der Waals surface area contributed by atoms with Gasteiger partial charge in [0, 0.05) is 19.8 Å². The van der Waals surface area contributed by atoms with Gasteiger partial charge in [0.2, 0.25) is 0 Å². The van der Waals surface area contributed by atoms with E-state index in [4.69, 9.17) is 4.74 Å². The van der Waals surface area contributed by atoms with Crippen molar-refractivity contribution < 1.29 is 17.9 Å². The molecule has 1 aromatic carbocycles. The molecule has 0 bridgehead atoms. The second kappa shape index (κ2) is 6.39. The maximum atomic E-state index is 12.5. The van der Waals surface area contributed by atoms with Crippen LogP contribution in [0.2, 0.25) is 0 Å². The lowest BCUT2D eigenvalue weighted by atomic mass is 10.1. The molecule has 1 fully saturated rings. The summed E-state index contributed by atoms with van der Waals surface area (Å²) in [6.45, 7) is 2.92. The predicted octanol–water partition coefficient (Wildman–Crippen LogP) is 3.22. The number of ether oxygens (including phenoxy) is 1. The van der Waals surface area contributed by atoms with Gasteiger partial charge in [0.1, 0.15) is 0 Å². The highest BCUT2D eigenvalue weighted by Crippen LogP contribution is 2.29. The maximum Gasteiger partial charge on any atom is 0.416 e. The van der Waals surface area contributed by atoms with Crippen LogP contribution in [0.4, 0.5) is 13.2 Å². The second-order valence-corrected chi connectivity index (χ2v) is 4.89. The Morgan fingerprint density at radius 2 is 2.16 bits per heavy atom.